The second-order valence-electron chi connectivity index (χ2n) is 6.86. The van der Waals surface area contributed by atoms with Gasteiger partial charge in [0.25, 0.3) is 0 Å². The quantitative estimate of drug-likeness (QED) is 0.760. The summed E-state index contributed by atoms with van der Waals surface area (Å²) in [6.45, 7) is 10.4. The molecular formula is C18H31NO3. The van der Waals surface area contributed by atoms with Crippen LogP contribution >= 0.6 is 0 Å². The molecule has 1 aromatic rings. The SMILES string of the molecule is COc1cccc(CN(CCC(C)C)CC(C)(C)O)c1OC. The minimum atomic E-state index is -0.719. The Bertz CT molecular complexity index is 452. The molecule has 126 valence electrons. The van der Waals surface area contributed by atoms with E-state index in [2.05, 4.69) is 18.7 Å². The van der Waals surface area contributed by atoms with E-state index in [0.717, 1.165) is 36.6 Å². The lowest BCUT2D eigenvalue weighted by Crippen LogP contribution is -2.39. The van der Waals surface area contributed by atoms with Crippen LogP contribution in [0.2, 0.25) is 0 Å². The van der Waals surface area contributed by atoms with Crippen molar-refractivity contribution >= 4 is 0 Å². The van der Waals surface area contributed by atoms with Crippen molar-refractivity contribution in [2.75, 3.05) is 27.3 Å². The third-order valence-corrected chi connectivity index (χ3v) is 3.51. The molecule has 4 nitrogen and oxygen atoms in total. The summed E-state index contributed by atoms with van der Waals surface area (Å²) in [5.41, 5.74) is 0.359. The van der Waals surface area contributed by atoms with Crippen LogP contribution in [0.5, 0.6) is 11.5 Å². The van der Waals surface area contributed by atoms with Gasteiger partial charge in [0.05, 0.1) is 19.8 Å². The maximum absolute atomic E-state index is 10.2. The Morgan fingerprint density at radius 1 is 1.18 bits per heavy atom. The maximum Gasteiger partial charge on any atom is 0.165 e. The van der Waals surface area contributed by atoms with Crippen molar-refractivity contribution in [1.82, 2.24) is 4.90 Å². The van der Waals surface area contributed by atoms with Gasteiger partial charge in [-0.3, -0.25) is 4.90 Å². The lowest BCUT2D eigenvalue weighted by atomic mass is 10.1. The molecule has 0 radical (unpaired) electrons. The summed E-state index contributed by atoms with van der Waals surface area (Å²) in [6.07, 6.45) is 1.10. The van der Waals surface area contributed by atoms with Crippen LogP contribution in [0.3, 0.4) is 0 Å². The predicted octanol–water partition coefficient (Wildman–Crippen LogP) is 3.32. The van der Waals surface area contributed by atoms with Crippen LogP contribution in [-0.2, 0) is 6.54 Å². The Hall–Kier alpha value is -1.26. The number of benzene rings is 1. The van der Waals surface area contributed by atoms with Crippen molar-refractivity contribution in [2.45, 2.75) is 46.3 Å². The number of methoxy groups -OCH3 is 2. The van der Waals surface area contributed by atoms with Crippen molar-refractivity contribution in [2.24, 2.45) is 5.92 Å². The molecule has 0 atom stereocenters. The minimum absolute atomic E-state index is 0.625. The highest BCUT2D eigenvalue weighted by molar-refractivity contribution is 5.46. The smallest absolute Gasteiger partial charge is 0.165 e. The fourth-order valence-corrected chi connectivity index (χ4v) is 2.52. The molecule has 1 rings (SSSR count). The molecule has 22 heavy (non-hydrogen) atoms. The number of rotatable bonds is 9. The van der Waals surface area contributed by atoms with Crippen LogP contribution in [0.25, 0.3) is 0 Å². The lowest BCUT2D eigenvalue weighted by Gasteiger charge is -2.30. The van der Waals surface area contributed by atoms with E-state index in [9.17, 15) is 5.11 Å². The van der Waals surface area contributed by atoms with Gasteiger partial charge in [0.15, 0.2) is 11.5 Å². The molecular weight excluding hydrogens is 278 g/mol. The number of aliphatic hydroxyl groups is 1. The van der Waals surface area contributed by atoms with Crippen LogP contribution in [0.4, 0.5) is 0 Å². The highest BCUT2D eigenvalue weighted by Gasteiger charge is 2.20. The molecule has 0 saturated carbocycles. The van der Waals surface area contributed by atoms with Crippen LogP contribution in [0.15, 0.2) is 18.2 Å². The van der Waals surface area contributed by atoms with Crippen molar-refractivity contribution in [3.63, 3.8) is 0 Å². The van der Waals surface area contributed by atoms with Gasteiger partial charge in [0, 0.05) is 18.7 Å². The molecule has 1 N–H and O–H groups in total. The molecule has 0 bridgehead atoms. The summed E-state index contributed by atoms with van der Waals surface area (Å²) in [4.78, 5) is 2.28. The number of ether oxygens (including phenoxy) is 2. The van der Waals surface area contributed by atoms with Gasteiger partial charge >= 0.3 is 0 Å². The van der Waals surface area contributed by atoms with E-state index >= 15 is 0 Å². The topological polar surface area (TPSA) is 41.9 Å². The highest BCUT2D eigenvalue weighted by Crippen LogP contribution is 2.31. The maximum atomic E-state index is 10.2. The molecule has 0 aliphatic heterocycles. The molecule has 0 heterocycles. The van der Waals surface area contributed by atoms with Crippen LogP contribution in [-0.4, -0.2) is 42.9 Å². The first-order valence-electron chi connectivity index (χ1n) is 7.91. The second-order valence-corrected chi connectivity index (χ2v) is 6.86. The number of hydrogen-bond donors (Lipinski definition) is 1. The van der Waals surface area contributed by atoms with E-state index in [0.29, 0.717) is 12.5 Å². The average molecular weight is 309 g/mol. The largest absolute Gasteiger partial charge is 0.493 e. The van der Waals surface area contributed by atoms with Gasteiger partial charge in [-0.1, -0.05) is 26.0 Å². The van der Waals surface area contributed by atoms with Gasteiger partial charge in [-0.25, -0.2) is 0 Å². The van der Waals surface area contributed by atoms with Crippen molar-refractivity contribution < 1.29 is 14.6 Å². The molecule has 4 heteroatoms. The minimum Gasteiger partial charge on any atom is -0.493 e. The molecule has 1 aromatic carbocycles. The third-order valence-electron chi connectivity index (χ3n) is 3.51. The summed E-state index contributed by atoms with van der Waals surface area (Å²) >= 11 is 0. The molecule has 0 saturated heterocycles. The van der Waals surface area contributed by atoms with E-state index < -0.39 is 5.60 Å². The molecule has 0 aliphatic rings. The Morgan fingerprint density at radius 2 is 1.86 bits per heavy atom. The molecule has 0 unspecified atom stereocenters. The van der Waals surface area contributed by atoms with E-state index in [-0.39, 0.29) is 0 Å². The summed E-state index contributed by atoms with van der Waals surface area (Å²) in [5, 5.41) is 10.2. The average Bonchev–Trinajstić information content (AvgIpc) is 2.42. The number of nitrogens with zero attached hydrogens (tertiary/aromatic N) is 1. The fraction of sp³-hybridized carbons (Fsp3) is 0.667. The normalized spacial score (nSPS) is 12.0. The van der Waals surface area contributed by atoms with Gasteiger partial charge in [-0.15, -0.1) is 0 Å². The number of para-hydroxylation sites is 1. The summed E-state index contributed by atoms with van der Waals surface area (Å²) in [5.74, 6) is 2.15. The zero-order valence-corrected chi connectivity index (χ0v) is 14.8. The zero-order valence-electron chi connectivity index (χ0n) is 14.8. The lowest BCUT2D eigenvalue weighted by molar-refractivity contribution is 0.0317. The standard InChI is InChI=1S/C18H31NO3/c1-14(2)10-11-19(13-18(3,4)20)12-15-8-7-9-16(21-5)17(15)22-6/h7-9,14,20H,10-13H2,1-6H3. The van der Waals surface area contributed by atoms with Crippen molar-refractivity contribution in [1.29, 1.82) is 0 Å². The Labute approximate surface area is 135 Å². The summed E-state index contributed by atoms with van der Waals surface area (Å²) in [7, 11) is 3.31. The Morgan fingerprint density at radius 3 is 2.36 bits per heavy atom. The van der Waals surface area contributed by atoms with E-state index in [1.165, 1.54) is 0 Å². The first-order chi connectivity index (χ1) is 10.3. The van der Waals surface area contributed by atoms with Crippen molar-refractivity contribution in [3.05, 3.63) is 23.8 Å². The van der Waals surface area contributed by atoms with Gasteiger partial charge < -0.3 is 14.6 Å². The highest BCUT2D eigenvalue weighted by atomic mass is 16.5. The molecule has 0 aliphatic carbocycles. The first-order valence-corrected chi connectivity index (χ1v) is 7.91. The predicted molar refractivity (Wildman–Crippen MR) is 90.6 cm³/mol. The van der Waals surface area contributed by atoms with Gasteiger partial charge in [-0.05, 0) is 38.8 Å². The van der Waals surface area contributed by atoms with E-state index in [1.807, 2.05) is 32.0 Å². The van der Waals surface area contributed by atoms with Gasteiger partial charge in [0.1, 0.15) is 0 Å². The van der Waals surface area contributed by atoms with Crippen LogP contribution < -0.4 is 9.47 Å². The first kappa shape index (κ1) is 18.8. The molecule has 0 amide bonds. The molecule has 0 aromatic heterocycles. The van der Waals surface area contributed by atoms with Crippen LogP contribution in [0, 0.1) is 5.92 Å². The zero-order chi connectivity index (χ0) is 16.8. The molecule has 0 fully saturated rings. The van der Waals surface area contributed by atoms with Gasteiger partial charge in [0.2, 0.25) is 0 Å². The van der Waals surface area contributed by atoms with Crippen LogP contribution in [0.1, 0.15) is 39.7 Å². The molecule has 0 spiro atoms. The third kappa shape index (κ3) is 6.24. The van der Waals surface area contributed by atoms with Gasteiger partial charge in [-0.2, -0.15) is 0 Å². The monoisotopic (exact) mass is 309 g/mol. The van der Waals surface area contributed by atoms with E-state index in [1.54, 1.807) is 14.2 Å². The van der Waals surface area contributed by atoms with E-state index in [4.69, 9.17) is 9.47 Å². The summed E-state index contributed by atoms with van der Waals surface area (Å²) < 4.78 is 10.9. The Balaban J connectivity index is 2.92. The second kappa shape index (κ2) is 8.39. The van der Waals surface area contributed by atoms with Crippen molar-refractivity contribution in [3.8, 4) is 11.5 Å². The Kier molecular flexibility index (Phi) is 7.17. The summed E-state index contributed by atoms with van der Waals surface area (Å²) in [6, 6.07) is 5.92. The number of hydrogen-bond acceptors (Lipinski definition) is 4. The fourth-order valence-electron chi connectivity index (χ4n) is 2.52.